The van der Waals surface area contributed by atoms with Crippen LogP contribution in [0.15, 0.2) is 18.2 Å². The minimum atomic E-state index is -0.468. The largest absolute Gasteiger partial charge is 0.370 e. The number of nitrogens with zero attached hydrogens (tertiary/aromatic N) is 1. The maximum Gasteiger partial charge on any atom is 0.227 e. The summed E-state index contributed by atoms with van der Waals surface area (Å²) in [6.07, 6.45) is 0. The van der Waals surface area contributed by atoms with Crippen molar-refractivity contribution in [3.63, 3.8) is 0 Å². The second-order valence-corrected chi connectivity index (χ2v) is 4.75. The van der Waals surface area contributed by atoms with Gasteiger partial charge < -0.3 is 16.0 Å². The van der Waals surface area contributed by atoms with E-state index < -0.39 is 5.41 Å². The Labute approximate surface area is 108 Å². The fourth-order valence-corrected chi connectivity index (χ4v) is 1.54. The number of nitrogens with one attached hydrogen (secondary N) is 3. The molecule has 0 unspecified atom stereocenters. The van der Waals surface area contributed by atoms with Crippen LogP contribution < -0.4 is 16.0 Å². The summed E-state index contributed by atoms with van der Waals surface area (Å²) in [5.41, 5.74) is -0.468. The summed E-state index contributed by atoms with van der Waals surface area (Å²) in [4.78, 5) is 16.0. The first-order valence-corrected chi connectivity index (χ1v) is 6.16. The van der Waals surface area contributed by atoms with Crippen molar-refractivity contribution < 1.29 is 4.79 Å². The highest BCUT2D eigenvalue weighted by Crippen LogP contribution is 2.17. The maximum atomic E-state index is 11.6. The van der Waals surface area contributed by atoms with Crippen molar-refractivity contribution in [1.82, 2.24) is 10.3 Å². The van der Waals surface area contributed by atoms with Crippen molar-refractivity contribution in [2.24, 2.45) is 5.41 Å². The van der Waals surface area contributed by atoms with Gasteiger partial charge in [0.25, 0.3) is 0 Å². The molecule has 100 valence electrons. The van der Waals surface area contributed by atoms with Gasteiger partial charge in [-0.15, -0.1) is 0 Å². The summed E-state index contributed by atoms with van der Waals surface area (Å²) < 4.78 is 0. The van der Waals surface area contributed by atoms with E-state index >= 15 is 0 Å². The molecule has 1 aromatic rings. The van der Waals surface area contributed by atoms with Gasteiger partial charge in [-0.25, -0.2) is 4.98 Å². The van der Waals surface area contributed by atoms with Gasteiger partial charge in [-0.05, 0) is 32.9 Å². The van der Waals surface area contributed by atoms with Crippen molar-refractivity contribution in [3.05, 3.63) is 18.2 Å². The zero-order chi connectivity index (χ0) is 13.6. The number of hydrogen-bond acceptors (Lipinski definition) is 4. The van der Waals surface area contributed by atoms with Crippen LogP contribution >= 0.6 is 0 Å². The lowest BCUT2D eigenvalue weighted by Gasteiger charge is -2.23. The molecule has 0 bridgehead atoms. The van der Waals surface area contributed by atoms with Crippen LogP contribution in [0.4, 0.5) is 11.6 Å². The molecule has 0 saturated carbocycles. The fourth-order valence-electron chi connectivity index (χ4n) is 1.54. The van der Waals surface area contributed by atoms with E-state index in [2.05, 4.69) is 20.9 Å². The Morgan fingerprint density at radius 2 is 1.89 bits per heavy atom. The molecule has 1 amide bonds. The third-order valence-electron chi connectivity index (χ3n) is 2.66. The third kappa shape index (κ3) is 3.91. The Balaban J connectivity index is 2.63. The predicted octanol–water partition coefficient (Wildman–Crippen LogP) is 1.70. The highest BCUT2D eigenvalue weighted by atomic mass is 16.2. The van der Waals surface area contributed by atoms with E-state index in [1.54, 1.807) is 7.05 Å². The number of anilines is 2. The summed E-state index contributed by atoms with van der Waals surface area (Å²) >= 11 is 0. The first-order valence-electron chi connectivity index (χ1n) is 6.16. The third-order valence-corrected chi connectivity index (χ3v) is 2.66. The van der Waals surface area contributed by atoms with Crippen LogP contribution in [0.25, 0.3) is 0 Å². The van der Waals surface area contributed by atoms with E-state index in [-0.39, 0.29) is 5.91 Å². The Kier molecular flexibility index (Phi) is 4.95. The van der Waals surface area contributed by atoms with E-state index in [1.165, 1.54) is 0 Å². The van der Waals surface area contributed by atoms with Crippen molar-refractivity contribution in [2.45, 2.75) is 20.8 Å². The molecule has 0 radical (unpaired) electrons. The number of rotatable bonds is 6. The normalized spacial score (nSPS) is 10.9. The SMILES string of the molecule is CCNc1cccc(NCC(C)(C)C(=O)NC)n1. The molecule has 0 aliphatic rings. The highest BCUT2D eigenvalue weighted by molar-refractivity contribution is 5.82. The van der Waals surface area contributed by atoms with Crippen molar-refractivity contribution >= 4 is 17.5 Å². The molecule has 0 aromatic carbocycles. The topological polar surface area (TPSA) is 66.0 Å². The molecule has 5 nitrogen and oxygen atoms in total. The molecule has 0 spiro atoms. The van der Waals surface area contributed by atoms with Gasteiger partial charge in [-0.2, -0.15) is 0 Å². The molecule has 1 rings (SSSR count). The quantitative estimate of drug-likeness (QED) is 0.719. The second kappa shape index (κ2) is 6.23. The minimum Gasteiger partial charge on any atom is -0.370 e. The van der Waals surface area contributed by atoms with Gasteiger partial charge in [0, 0.05) is 20.1 Å². The molecule has 0 atom stereocenters. The molecule has 5 heteroatoms. The number of aromatic nitrogens is 1. The monoisotopic (exact) mass is 250 g/mol. The zero-order valence-corrected chi connectivity index (χ0v) is 11.5. The summed E-state index contributed by atoms with van der Waals surface area (Å²) in [5.74, 6) is 1.61. The van der Waals surface area contributed by atoms with E-state index in [1.807, 2.05) is 39.0 Å². The lowest BCUT2D eigenvalue weighted by molar-refractivity contribution is -0.128. The lowest BCUT2D eigenvalue weighted by atomic mass is 9.92. The molecule has 1 aromatic heterocycles. The standard InChI is InChI=1S/C13H22N4O/c1-5-15-10-7-6-8-11(17-10)16-9-13(2,3)12(18)14-4/h6-8H,5,9H2,1-4H3,(H,14,18)(H2,15,16,17). The molecular weight excluding hydrogens is 228 g/mol. The number of carbonyl (C=O) groups is 1. The van der Waals surface area contributed by atoms with Crippen LogP contribution in [-0.2, 0) is 4.79 Å². The molecule has 3 N–H and O–H groups in total. The van der Waals surface area contributed by atoms with Gasteiger partial charge in [0.1, 0.15) is 11.6 Å². The van der Waals surface area contributed by atoms with Gasteiger partial charge in [-0.1, -0.05) is 6.07 Å². The second-order valence-electron chi connectivity index (χ2n) is 4.75. The Bertz CT molecular complexity index is 404. The van der Waals surface area contributed by atoms with Crippen molar-refractivity contribution in [2.75, 3.05) is 30.8 Å². The molecular formula is C13H22N4O. The summed E-state index contributed by atoms with van der Waals surface area (Å²) in [6, 6.07) is 5.74. The van der Waals surface area contributed by atoms with Gasteiger partial charge in [0.2, 0.25) is 5.91 Å². The number of amides is 1. The van der Waals surface area contributed by atoms with Crippen molar-refractivity contribution in [1.29, 1.82) is 0 Å². The number of carbonyl (C=O) groups excluding carboxylic acids is 1. The predicted molar refractivity (Wildman–Crippen MR) is 74.7 cm³/mol. The fraction of sp³-hybridized carbons (Fsp3) is 0.538. The van der Waals surface area contributed by atoms with Gasteiger partial charge in [-0.3, -0.25) is 4.79 Å². The first-order chi connectivity index (χ1) is 8.49. The summed E-state index contributed by atoms with van der Waals surface area (Å²) in [7, 11) is 1.65. The minimum absolute atomic E-state index is 0.0119. The maximum absolute atomic E-state index is 11.6. The van der Waals surface area contributed by atoms with E-state index in [4.69, 9.17) is 0 Å². The molecule has 0 saturated heterocycles. The van der Waals surface area contributed by atoms with Gasteiger partial charge >= 0.3 is 0 Å². The van der Waals surface area contributed by atoms with E-state index in [9.17, 15) is 4.79 Å². The Morgan fingerprint density at radius 1 is 1.28 bits per heavy atom. The number of hydrogen-bond donors (Lipinski definition) is 3. The van der Waals surface area contributed by atoms with Crippen LogP contribution in [0.2, 0.25) is 0 Å². The average Bonchev–Trinajstić information content (AvgIpc) is 2.36. The summed E-state index contributed by atoms with van der Waals surface area (Å²) in [5, 5.41) is 9.00. The summed E-state index contributed by atoms with van der Waals surface area (Å²) in [6.45, 7) is 7.19. The lowest BCUT2D eigenvalue weighted by Crippen LogP contribution is -2.39. The first kappa shape index (κ1) is 14.3. The van der Waals surface area contributed by atoms with Crippen LogP contribution in [-0.4, -0.2) is 31.0 Å². The van der Waals surface area contributed by atoms with Crippen molar-refractivity contribution in [3.8, 4) is 0 Å². The molecule has 0 fully saturated rings. The molecule has 0 aliphatic heterocycles. The highest BCUT2D eigenvalue weighted by Gasteiger charge is 2.26. The van der Waals surface area contributed by atoms with Gasteiger partial charge in [0.15, 0.2) is 0 Å². The van der Waals surface area contributed by atoms with Crippen LogP contribution in [0.1, 0.15) is 20.8 Å². The molecule has 1 heterocycles. The Hall–Kier alpha value is -1.78. The molecule has 0 aliphatic carbocycles. The van der Waals surface area contributed by atoms with Crippen LogP contribution in [0.5, 0.6) is 0 Å². The van der Waals surface area contributed by atoms with E-state index in [0.717, 1.165) is 18.2 Å². The van der Waals surface area contributed by atoms with E-state index in [0.29, 0.717) is 6.54 Å². The molecule has 18 heavy (non-hydrogen) atoms. The smallest absolute Gasteiger partial charge is 0.227 e. The van der Waals surface area contributed by atoms with Gasteiger partial charge in [0.05, 0.1) is 5.41 Å². The van der Waals surface area contributed by atoms with Crippen LogP contribution in [0, 0.1) is 5.41 Å². The zero-order valence-electron chi connectivity index (χ0n) is 11.5. The Morgan fingerprint density at radius 3 is 2.44 bits per heavy atom. The average molecular weight is 250 g/mol. The number of pyridine rings is 1. The van der Waals surface area contributed by atoms with Crippen LogP contribution in [0.3, 0.4) is 0 Å².